The van der Waals surface area contributed by atoms with Gasteiger partial charge in [0.15, 0.2) is 5.78 Å². The van der Waals surface area contributed by atoms with Gasteiger partial charge in [0.05, 0.1) is 15.5 Å². The van der Waals surface area contributed by atoms with E-state index in [2.05, 4.69) is 43.7 Å². The Morgan fingerprint density at radius 2 is 2.14 bits per heavy atom. The summed E-state index contributed by atoms with van der Waals surface area (Å²) in [6.07, 6.45) is 3.74. The average molecular weight is 431 g/mol. The molecule has 0 aromatic heterocycles. The van der Waals surface area contributed by atoms with Crippen LogP contribution in [0.15, 0.2) is 21.1 Å². The molecule has 2 heterocycles. The van der Waals surface area contributed by atoms with Crippen molar-refractivity contribution in [3.8, 4) is 5.75 Å². The molecule has 1 fully saturated rings. The molecule has 1 saturated heterocycles. The second-order valence-corrected chi connectivity index (χ2v) is 8.53. The lowest BCUT2D eigenvalue weighted by atomic mass is 9.79. The first-order chi connectivity index (χ1) is 10.4. The normalized spacial score (nSPS) is 29.1. The van der Waals surface area contributed by atoms with Gasteiger partial charge in [-0.3, -0.25) is 9.69 Å². The van der Waals surface area contributed by atoms with E-state index in [-0.39, 0.29) is 5.78 Å². The van der Waals surface area contributed by atoms with Gasteiger partial charge >= 0.3 is 0 Å². The SMILES string of the molecule is C[C@@H]1CCCCN1C[C@@]1(C)COc2c(Br)cc(Br)cc2C1=O. The first-order valence-corrected chi connectivity index (χ1v) is 9.40. The lowest BCUT2D eigenvalue weighted by Crippen LogP contribution is -2.51. The van der Waals surface area contributed by atoms with E-state index < -0.39 is 5.41 Å². The lowest BCUT2D eigenvalue weighted by Gasteiger charge is -2.41. The number of fused-ring (bicyclic) bond motifs is 1. The fourth-order valence-electron chi connectivity index (χ4n) is 3.46. The molecule has 0 aliphatic carbocycles. The maximum Gasteiger partial charge on any atom is 0.177 e. The van der Waals surface area contributed by atoms with E-state index in [1.807, 2.05) is 19.1 Å². The molecule has 0 N–H and O–H groups in total. The summed E-state index contributed by atoms with van der Waals surface area (Å²) in [5.74, 6) is 0.867. The molecule has 5 heteroatoms. The Hall–Kier alpha value is -0.390. The standard InChI is InChI=1S/C17H21Br2NO2/c1-11-5-3-4-6-20(11)9-17(2)10-22-15-13(16(17)21)7-12(18)8-14(15)19/h7-8,11H,3-6,9-10H2,1-2H3/t11-,17+/m1/s1. The van der Waals surface area contributed by atoms with Gasteiger partial charge in [0.25, 0.3) is 0 Å². The quantitative estimate of drug-likeness (QED) is 0.682. The minimum absolute atomic E-state index is 0.188. The number of halogens is 2. The summed E-state index contributed by atoms with van der Waals surface area (Å²) < 4.78 is 7.68. The van der Waals surface area contributed by atoms with Crippen molar-refractivity contribution in [1.29, 1.82) is 0 Å². The van der Waals surface area contributed by atoms with E-state index in [1.165, 1.54) is 19.3 Å². The molecular formula is C17H21Br2NO2. The van der Waals surface area contributed by atoms with Gasteiger partial charge in [-0.2, -0.15) is 0 Å². The zero-order valence-electron chi connectivity index (χ0n) is 13.0. The van der Waals surface area contributed by atoms with Crippen LogP contribution in [0.4, 0.5) is 0 Å². The molecule has 120 valence electrons. The van der Waals surface area contributed by atoms with Crippen LogP contribution in [0.3, 0.4) is 0 Å². The summed E-state index contributed by atoms with van der Waals surface area (Å²) in [7, 11) is 0. The van der Waals surface area contributed by atoms with Crippen LogP contribution in [-0.4, -0.2) is 36.4 Å². The number of hydrogen-bond donors (Lipinski definition) is 0. The number of hydrogen-bond acceptors (Lipinski definition) is 3. The van der Waals surface area contributed by atoms with E-state index in [9.17, 15) is 4.79 Å². The maximum absolute atomic E-state index is 13.1. The van der Waals surface area contributed by atoms with E-state index in [0.29, 0.717) is 24.0 Å². The predicted octanol–water partition coefficient (Wildman–Crippen LogP) is 4.67. The van der Waals surface area contributed by atoms with Crippen LogP contribution in [0.2, 0.25) is 0 Å². The van der Waals surface area contributed by atoms with Gasteiger partial charge in [-0.1, -0.05) is 22.4 Å². The highest BCUT2D eigenvalue weighted by molar-refractivity contribution is 9.11. The first-order valence-electron chi connectivity index (χ1n) is 7.81. The van der Waals surface area contributed by atoms with Crippen LogP contribution in [0.1, 0.15) is 43.5 Å². The summed E-state index contributed by atoms with van der Waals surface area (Å²) in [6, 6.07) is 4.34. The Bertz CT molecular complexity index is 605. The number of nitrogens with zero attached hydrogens (tertiary/aromatic N) is 1. The van der Waals surface area contributed by atoms with Crippen LogP contribution in [0.5, 0.6) is 5.75 Å². The van der Waals surface area contributed by atoms with Crippen LogP contribution in [-0.2, 0) is 0 Å². The van der Waals surface area contributed by atoms with Crippen LogP contribution < -0.4 is 4.74 Å². The van der Waals surface area contributed by atoms with Crippen molar-refractivity contribution in [2.75, 3.05) is 19.7 Å². The summed E-state index contributed by atoms with van der Waals surface area (Å²) in [4.78, 5) is 15.5. The molecule has 22 heavy (non-hydrogen) atoms. The summed E-state index contributed by atoms with van der Waals surface area (Å²) in [5.41, 5.74) is 0.207. The molecule has 0 bridgehead atoms. The van der Waals surface area contributed by atoms with Crippen LogP contribution >= 0.6 is 31.9 Å². The van der Waals surface area contributed by atoms with Gasteiger partial charge in [0.2, 0.25) is 0 Å². The Morgan fingerprint density at radius 1 is 1.36 bits per heavy atom. The molecule has 2 aliphatic heterocycles. The topological polar surface area (TPSA) is 29.5 Å². The third-order valence-corrected chi connectivity index (χ3v) is 5.88. The van der Waals surface area contributed by atoms with Crippen molar-refractivity contribution >= 4 is 37.6 Å². The highest BCUT2D eigenvalue weighted by atomic mass is 79.9. The molecule has 0 amide bonds. The van der Waals surface area contributed by atoms with Gasteiger partial charge in [-0.15, -0.1) is 0 Å². The molecule has 1 aromatic carbocycles. The Morgan fingerprint density at radius 3 is 2.86 bits per heavy atom. The zero-order chi connectivity index (χ0) is 15.9. The van der Waals surface area contributed by atoms with E-state index in [4.69, 9.17) is 4.74 Å². The van der Waals surface area contributed by atoms with Gasteiger partial charge in [0, 0.05) is 17.1 Å². The fraction of sp³-hybridized carbons (Fsp3) is 0.588. The number of ether oxygens (including phenoxy) is 1. The predicted molar refractivity (Wildman–Crippen MR) is 94.7 cm³/mol. The van der Waals surface area contributed by atoms with E-state index in [1.54, 1.807) is 0 Å². The molecule has 2 aliphatic rings. The molecule has 1 aromatic rings. The molecule has 2 atom stereocenters. The van der Waals surface area contributed by atoms with Gasteiger partial charge in [-0.05, 0) is 61.3 Å². The van der Waals surface area contributed by atoms with Crippen LogP contribution in [0.25, 0.3) is 0 Å². The summed E-state index contributed by atoms with van der Waals surface area (Å²) in [6.45, 7) is 6.60. The number of rotatable bonds is 2. The number of ketones is 1. The number of carbonyl (C=O) groups is 1. The number of piperidine rings is 1. The van der Waals surface area contributed by atoms with Gasteiger partial charge < -0.3 is 4.74 Å². The molecular weight excluding hydrogens is 410 g/mol. The molecule has 0 spiro atoms. The Kier molecular flexibility index (Phi) is 4.68. The largest absolute Gasteiger partial charge is 0.491 e. The zero-order valence-corrected chi connectivity index (χ0v) is 16.2. The highest BCUT2D eigenvalue weighted by Gasteiger charge is 2.43. The van der Waals surface area contributed by atoms with Gasteiger partial charge in [0.1, 0.15) is 12.4 Å². The Labute approximate surface area is 148 Å². The monoisotopic (exact) mass is 429 g/mol. The van der Waals surface area contributed by atoms with Crippen molar-refractivity contribution in [1.82, 2.24) is 4.90 Å². The maximum atomic E-state index is 13.1. The molecule has 0 radical (unpaired) electrons. The Balaban J connectivity index is 1.87. The molecule has 0 saturated carbocycles. The first kappa shape index (κ1) is 16.5. The fourth-order valence-corrected chi connectivity index (χ4v) is 4.80. The van der Waals surface area contributed by atoms with E-state index in [0.717, 1.165) is 22.0 Å². The summed E-state index contributed by atoms with van der Waals surface area (Å²) >= 11 is 6.95. The summed E-state index contributed by atoms with van der Waals surface area (Å²) in [5, 5.41) is 0. The number of Topliss-reactive ketones (excluding diaryl/α,β-unsaturated/α-hetero) is 1. The molecule has 3 nitrogen and oxygen atoms in total. The highest BCUT2D eigenvalue weighted by Crippen LogP contribution is 2.41. The van der Waals surface area contributed by atoms with Crippen molar-refractivity contribution < 1.29 is 9.53 Å². The minimum Gasteiger partial charge on any atom is -0.491 e. The van der Waals surface area contributed by atoms with Crippen molar-refractivity contribution in [3.05, 3.63) is 26.6 Å². The number of carbonyl (C=O) groups excluding carboxylic acids is 1. The van der Waals surface area contributed by atoms with Crippen molar-refractivity contribution in [3.63, 3.8) is 0 Å². The smallest absolute Gasteiger partial charge is 0.177 e. The van der Waals surface area contributed by atoms with E-state index >= 15 is 0 Å². The third-order valence-electron chi connectivity index (χ3n) is 4.83. The minimum atomic E-state index is -0.473. The molecule has 0 unspecified atom stereocenters. The lowest BCUT2D eigenvalue weighted by molar-refractivity contribution is 0.0401. The molecule has 3 rings (SSSR count). The van der Waals surface area contributed by atoms with Gasteiger partial charge in [-0.25, -0.2) is 0 Å². The third kappa shape index (κ3) is 3.00. The second kappa shape index (κ2) is 6.25. The van der Waals surface area contributed by atoms with Crippen molar-refractivity contribution in [2.45, 2.75) is 39.2 Å². The number of likely N-dealkylation sites (tertiary alicyclic amines) is 1. The van der Waals surface area contributed by atoms with Crippen LogP contribution in [0, 0.1) is 5.41 Å². The average Bonchev–Trinajstić information content (AvgIpc) is 2.46. The second-order valence-electron chi connectivity index (χ2n) is 6.76. The van der Waals surface area contributed by atoms with Crippen molar-refractivity contribution in [2.24, 2.45) is 5.41 Å². The number of benzene rings is 1.